The first-order valence-electron chi connectivity index (χ1n) is 10.5. The fourth-order valence-electron chi connectivity index (χ4n) is 3.61. The maximum atomic E-state index is 14.7. The lowest BCUT2D eigenvalue weighted by Gasteiger charge is -2.10. The molecule has 7 nitrogen and oxygen atoms in total. The van der Waals surface area contributed by atoms with E-state index in [4.69, 9.17) is 9.84 Å². The zero-order chi connectivity index (χ0) is 24.5. The van der Waals surface area contributed by atoms with E-state index in [1.807, 2.05) is 0 Å². The summed E-state index contributed by atoms with van der Waals surface area (Å²) in [7, 11) is 0. The Morgan fingerprint density at radius 2 is 1.94 bits per heavy atom. The molecule has 0 saturated carbocycles. The Morgan fingerprint density at radius 3 is 2.77 bits per heavy atom. The second-order valence-electron chi connectivity index (χ2n) is 7.73. The number of carbonyl (C=O) groups is 1. The summed E-state index contributed by atoms with van der Waals surface area (Å²) in [6.07, 6.45) is 5.52. The maximum Gasteiger partial charge on any atom is 0.303 e. The van der Waals surface area contributed by atoms with Crippen molar-refractivity contribution < 1.29 is 27.8 Å². The summed E-state index contributed by atoms with van der Waals surface area (Å²) in [6.45, 7) is 0. The summed E-state index contributed by atoms with van der Waals surface area (Å²) >= 11 is 1.40. The molecule has 35 heavy (non-hydrogen) atoms. The molecule has 5 aromatic rings. The van der Waals surface area contributed by atoms with Gasteiger partial charge in [0.15, 0.2) is 17.4 Å². The highest BCUT2D eigenvalue weighted by Gasteiger charge is 2.18. The van der Waals surface area contributed by atoms with Crippen LogP contribution >= 0.6 is 11.3 Å². The summed E-state index contributed by atoms with van der Waals surface area (Å²) in [5.74, 6) is -3.55. The van der Waals surface area contributed by atoms with E-state index in [-0.39, 0.29) is 28.9 Å². The molecule has 3 N–H and O–H groups in total. The van der Waals surface area contributed by atoms with E-state index in [0.717, 1.165) is 22.0 Å². The largest absolute Gasteiger partial charge is 0.481 e. The number of aryl methyl sites for hydroxylation is 1. The number of ether oxygens (including phenoxy) is 1. The molecular formula is C24H17F3N4O3S. The molecule has 2 aromatic carbocycles. The number of aromatic nitrogens is 4. The van der Waals surface area contributed by atoms with Crippen LogP contribution in [0.1, 0.15) is 22.0 Å². The van der Waals surface area contributed by atoms with Crippen LogP contribution in [0, 0.1) is 17.5 Å². The second kappa shape index (κ2) is 9.26. The average Bonchev–Trinajstić information content (AvgIpc) is 3.58. The predicted molar refractivity (Wildman–Crippen MR) is 123 cm³/mol. The zero-order valence-electron chi connectivity index (χ0n) is 17.9. The number of nitrogens with one attached hydrogen (secondary N) is 2. The van der Waals surface area contributed by atoms with Crippen LogP contribution < -0.4 is 4.74 Å². The molecule has 3 aromatic heterocycles. The van der Waals surface area contributed by atoms with Gasteiger partial charge in [-0.15, -0.1) is 11.3 Å². The van der Waals surface area contributed by atoms with Gasteiger partial charge in [0.25, 0.3) is 0 Å². The van der Waals surface area contributed by atoms with Crippen LogP contribution in [0.4, 0.5) is 13.2 Å². The highest BCUT2D eigenvalue weighted by molar-refractivity contribution is 7.11. The Balaban J connectivity index is 1.36. The molecule has 3 heterocycles. The summed E-state index contributed by atoms with van der Waals surface area (Å²) in [5, 5.41) is 9.69. The molecule has 0 radical (unpaired) electrons. The van der Waals surface area contributed by atoms with Crippen molar-refractivity contribution in [2.45, 2.75) is 19.3 Å². The molecular weight excluding hydrogens is 481 g/mol. The molecule has 5 rings (SSSR count). The van der Waals surface area contributed by atoms with E-state index in [1.165, 1.54) is 35.7 Å². The van der Waals surface area contributed by atoms with Crippen molar-refractivity contribution >= 4 is 28.2 Å². The molecule has 0 bridgehead atoms. The number of benzene rings is 2. The van der Waals surface area contributed by atoms with Gasteiger partial charge in [-0.3, -0.25) is 4.79 Å². The number of imidazole rings is 1. The number of carboxylic acid groups (broad SMARTS) is 1. The van der Waals surface area contributed by atoms with Gasteiger partial charge in [0.2, 0.25) is 0 Å². The third-order valence-electron chi connectivity index (χ3n) is 5.26. The number of aliphatic carboxylic acids is 1. The number of nitrogens with zero attached hydrogens (tertiary/aromatic N) is 2. The van der Waals surface area contributed by atoms with Crippen LogP contribution in [0.15, 0.2) is 48.9 Å². The van der Waals surface area contributed by atoms with Gasteiger partial charge in [-0.25, -0.2) is 23.1 Å². The van der Waals surface area contributed by atoms with Gasteiger partial charge in [0.1, 0.15) is 17.4 Å². The van der Waals surface area contributed by atoms with Crippen LogP contribution in [0.2, 0.25) is 0 Å². The number of hydrogen-bond donors (Lipinski definition) is 3. The molecule has 11 heteroatoms. The number of H-pyrrole nitrogens is 2. The van der Waals surface area contributed by atoms with Crippen molar-refractivity contribution in [3.8, 4) is 22.9 Å². The summed E-state index contributed by atoms with van der Waals surface area (Å²) in [5.41, 5.74) is 1.06. The minimum Gasteiger partial charge on any atom is -0.481 e. The van der Waals surface area contributed by atoms with Crippen LogP contribution in [-0.2, 0) is 17.6 Å². The Bertz CT molecular complexity index is 1540. The summed E-state index contributed by atoms with van der Waals surface area (Å²) < 4.78 is 49.2. The monoisotopic (exact) mass is 498 g/mol. The first-order valence-corrected chi connectivity index (χ1v) is 11.3. The molecule has 0 spiro atoms. The summed E-state index contributed by atoms with van der Waals surface area (Å²) in [6, 6.07) is 6.32. The van der Waals surface area contributed by atoms with Crippen molar-refractivity contribution in [2.75, 3.05) is 0 Å². The number of fused-ring (bicyclic) bond motifs is 1. The SMILES string of the molecule is O=C(O)CCc1ncc(Cc2cnc(-c3cc(Oc4c(F)cc5[nH]ccc5c4F)ccc3F)[nH]2)s1. The fraction of sp³-hybridized carbons (Fsp3) is 0.125. The lowest BCUT2D eigenvalue weighted by molar-refractivity contribution is -0.136. The molecule has 0 aliphatic carbocycles. The number of halogens is 3. The van der Waals surface area contributed by atoms with Gasteiger partial charge in [-0.05, 0) is 24.3 Å². The Kier molecular flexibility index (Phi) is 6.00. The van der Waals surface area contributed by atoms with E-state index in [0.29, 0.717) is 24.1 Å². The first-order chi connectivity index (χ1) is 16.9. The van der Waals surface area contributed by atoms with Crippen molar-refractivity contribution in [3.63, 3.8) is 0 Å². The minimum atomic E-state index is -0.893. The Hall–Kier alpha value is -4.12. The molecule has 0 unspecified atom stereocenters. The third-order valence-corrected chi connectivity index (χ3v) is 6.32. The Labute approximate surface area is 200 Å². The van der Waals surface area contributed by atoms with E-state index in [1.54, 1.807) is 12.4 Å². The van der Waals surface area contributed by atoms with Gasteiger partial charge in [0, 0.05) is 53.5 Å². The minimum absolute atomic E-state index is 0.00565. The van der Waals surface area contributed by atoms with Crippen molar-refractivity contribution in [1.82, 2.24) is 19.9 Å². The average molecular weight is 498 g/mol. The number of carboxylic acids is 1. The lowest BCUT2D eigenvalue weighted by Crippen LogP contribution is -1.96. The van der Waals surface area contributed by atoms with Crippen molar-refractivity contribution in [2.24, 2.45) is 0 Å². The topological polar surface area (TPSA) is 104 Å². The zero-order valence-corrected chi connectivity index (χ0v) is 18.8. The first kappa shape index (κ1) is 22.7. The third kappa shape index (κ3) is 4.76. The molecule has 0 saturated heterocycles. The number of rotatable bonds is 8. The van der Waals surface area contributed by atoms with Gasteiger partial charge in [-0.2, -0.15) is 0 Å². The fourth-order valence-corrected chi connectivity index (χ4v) is 4.55. The van der Waals surface area contributed by atoms with Crippen molar-refractivity contribution in [1.29, 1.82) is 0 Å². The van der Waals surface area contributed by atoms with Gasteiger partial charge in [0.05, 0.1) is 22.5 Å². The Morgan fingerprint density at radius 1 is 1.09 bits per heavy atom. The van der Waals surface area contributed by atoms with Crippen LogP contribution in [0.5, 0.6) is 11.5 Å². The molecule has 0 aliphatic heterocycles. The van der Waals surface area contributed by atoms with E-state index in [9.17, 15) is 18.0 Å². The van der Waals surface area contributed by atoms with E-state index in [2.05, 4.69) is 19.9 Å². The second-order valence-corrected chi connectivity index (χ2v) is 8.93. The molecule has 0 aliphatic rings. The number of hydrogen-bond acceptors (Lipinski definition) is 5. The normalized spacial score (nSPS) is 11.3. The highest BCUT2D eigenvalue weighted by atomic mass is 32.1. The molecule has 0 fully saturated rings. The van der Waals surface area contributed by atoms with E-state index < -0.39 is 29.2 Å². The van der Waals surface area contributed by atoms with Gasteiger partial charge in [-0.1, -0.05) is 0 Å². The molecule has 0 atom stereocenters. The smallest absolute Gasteiger partial charge is 0.303 e. The standard InChI is InChI=1S/C24H17F3N4O3S/c25-17-2-1-13(34-23-18(26)9-19-15(22(23)27)5-6-28-19)8-16(17)24-30-10-12(31-24)7-14-11-29-20(35-14)3-4-21(32)33/h1-2,5-6,8-11,28H,3-4,7H2,(H,30,31)(H,32,33). The van der Waals surface area contributed by atoms with Crippen LogP contribution in [0.25, 0.3) is 22.3 Å². The molecule has 178 valence electrons. The highest BCUT2D eigenvalue weighted by Crippen LogP contribution is 2.34. The number of thiazole rings is 1. The van der Waals surface area contributed by atoms with Crippen LogP contribution in [0.3, 0.4) is 0 Å². The van der Waals surface area contributed by atoms with E-state index >= 15 is 0 Å². The van der Waals surface area contributed by atoms with Crippen LogP contribution in [-0.4, -0.2) is 31.0 Å². The van der Waals surface area contributed by atoms with Gasteiger partial charge < -0.3 is 19.8 Å². The summed E-state index contributed by atoms with van der Waals surface area (Å²) in [4.78, 5) is 25.8. The lowest BCUT2D eigenvalue weighted by atomic mass is 10.2. The molecule has 0 amide bonds. The maximum absolute atomic E-state index is 14.7. The quantitative estimate of drug-likeness (QED) is 0.250. The van der Waals surface area contributed by atoms with Gasteiger partial charge >= 0.3 is 5.97 Å². The predicted octanol–water partition coefficient (Wildman–Crippen LogP) is 5.83. The van der Waals surface area contributed by atoms with Crippen molar-refractivity contribution in [3.05, 3.63) is 82.0 Å². The number of aromatic amines is 2.